The minimum Gasteiger partial charge on any atom is -0.361 e. The molecule has 0 amide bonds. The number of halogens is 2. The summed E-state index contributed by atoms with van der Waals surface area (Å²) in [5, 5.41) is 3.80. The molecule has 15 heavy (non-hydrogen) atoms. The van der Waals surface area contributed by atoms with Gasteiger partial charge < -0.3 is 10.3 Å². The van der Waals surface area contributed by atoms with E-state index in [1.165, 1.54) is 0 Å². The van der Waals surface area contributed by atoms with E-state index < -0.39 is 6.43 Å². The van der Waals surface area contributed by atoms with Crippen molar-refractivity contribution in [1.82, 2.24) is 10.3 Å². The molecular weight excluding hydrogens is 198 g/mol. The molecule has 2 nitrogen and oxygen atoms in total. The molecule has 2 N–H and O–H groups in total. The molecule has 0 unspecified atom stereocenters. The van der Waals surface area contributed by atoms with Gasteiger partial charge >= 0.3 is 0 Å². The molecule has 0 saturated carbocycles. The van der Waals surface area contributed by atoms with E-state index in [-0.39, 0.29) is 6.54 Å². The third-order valence-electron chi connectivity index (χ3n) is 2.30. The molecule has 2 aromatic rings. The maximum atomic E-state index is 11.9. The number of nitrogens with one attached hydrogen (secondary N) is 2. The first-order chi connectivity index (χ1) is 7.27. The van der Waals surface area contributed by atoms with Crippen LogP contribution in [0, 0.1) is 0 Å². The predicted molar refractivity (Wildman–Crippen MR) is 56.0 cm³/mol. The fraction of sp³-hybridized carbons (Fsp3) is 0.273. The summed E-state index contributed by atoms with van der Waals surface area (Å²) in [5.41, 5.74) is 2.07. The topological polar surface area (TPSA) is 27.8 Å². The van der Waals surface area contributed by atoms with Crippen molar-refractivity contribution in [3.63, 3.8) is 0 Å². The van der Waals surface area contributed by atoms with Crippen molar-refractivity contribution < 1.29 is 8.78 Å². The molecule has 0 spiro atoms. The van der Waals surface area contributed by atoms with E-state index in [1.54, 1.807) is 0 Å². The van der Waals surface area contributed by atoms with Gasteiger partial charge in [0.2, 0.25) is 0 Å². The standard InChI is InChI=1S/C11H12F2N2/c12-11(13)7-14-6-8-2-1-3-10-9(8)4-5-15-10/h1-5,11,14-15H,6-7H2. The SMILES string of the molecule is FC(F)CNCc1cccc2[nH]ccc12. The monoisotopic (exact) mass is 210 g/mol. The van der Waals surface area contributed by atoms with Crippen LogP contribution in [0.15, 0.2) is 30.5 Å². The lowest BCUT2D eigenvalue weighted by atomic mass is 10.1. The van der Waals surface area contributed by atoms with E-state index >= 15 is 0 Å². The van der Waals surface area contributed by atoms with Gasteiger partial charge in [0.15, 0.2) is 0 Å². The summed E-state index contributed by atoms with van der Waals surface area (Å²) < 4.78 is 23.8. The van der Waals surface area contributed by atoms with Gasteiger partial charge in [0.05, 0.1) is 6.54 Å². The molecule has 80 valence electrons. The van der Waals surface area contributed by atoms with Gasteiger partial charge in [-0.1, -0.05) is 12.1 Å². The second-order valence-corrected chi connectivity index (χ2v) is 3.38. The van der Waals surface area contributed by atoms with Gasteiger partial charge in [0.25, 0.3) is 6.43 Å². The van der Waals surface area contributed by atoms with Crippen molar-refractivity contribution >= 4 is 10.9 Å². The van der Waals surface area contributed by atoms with Crippen LogP contribution in [-0.4, -0.2) is 18.0 Å². The fourth-order valence-corrected chi connectivity index (χ4v) is 1.62. The van der Waals surface area contributed by atoms with Crippen molar-refractivity contribution in [2.75, 3.05) is 6.54 Å². The van der Waals surface area contributed by atoms with Gasteiger partial charge in [-0.25, -0.2) is 8.78 Å². The molecule has 0 aliphatic carbocycles. The molecule has 0 bridgehead atoms. The lowest BCUT2D eigenvalue weighted by Gasteiger charge is -2.05. The summed E-state index contributed by atoms with van der Waals surface area (Å²) in [7, 11) is 0. The summed E-state index contributed by atoms with van der Waals surface area (Å²) in [5.74, 6) is 0. The van der Waals surface area contributed by atoms with Gasteiger partial charge in [-0.15, -0.1) is 0 Å². The zero-order valence-corrected chi connectivity index (χ0v) is 8.13. The lowest BCUT2D eigenvalue weighted by molar-refractivity contribution is 0.145. The Morgan fingerprint density at radius 1 is 1.27 bits per heavy atom. The highest BCUT2D eigenvalue weighted by Crippen LogP contribution is 2.16. The van der Waals surface area contributed by atoms with Crippen molar-refractivity contribution in [3.05, 3.63) is 36.0 Å². The Kier molecular flexibility index (Phi) is 2.97. The maximum Gasteiger partial charge on any atom is 0.250 e. The number of aromatic amines is 1. The molecular formula is C11H12F2N2. The Labute approximate surface area is 86.3 Å². The molecule has 0 fully saturated rings. The molecule has 0 atom stereocenters. The zero-order valence-electron chi connectivity index (χ0n) is 8.13. The average Bonchev–Trinajstić information content (AvgIpc) is 2.65. The van der Waals surface area contributed by atoms with E-state index in [0.29, 0.717) is 6.54 Å². The first-order valence-corrected chi connectivity index (χ1v) is 4.81. The van der Waals surface area contributed by atoms with Gasteiger partial charge in [-0.3, -0.25) is 0 Å². The Bertz CT molecular complexity index is 437. The van der Waals surface area contributed by atoms with Crippen LogP contribution in [-0.2, 0) is 6.54 Å². The largest absolute Gasteiger partial charge is 0.361 e. The van der Waals surface area contributed by atoms with E-state index in [1.807, 2.05) is 30.5 Å². The van der Waals surface area contributed by atoms with Crippen LogP contribution in [0.3, 0.4) is 0 Å². The molecule has 1 heterocycles. The number of H-pyrrole nitrogens is 1. The van der Waals surface area contributed by atoms with Crippen LogP contribution in [0.25, 0.3) is 10.9 Å². The normalized spacial score (nSPS) is 11.4. The third kappa shape index (κ3) is 2.33. The average molecular weight is 210 g/mol. The minimum atomic E-state index is -2.30. The number of rotatable bonds is 4. The second kappa shape index (κ2) is 4.40. The van der Waals surface area contributed by atoms with Crippen LogP contribution in [0.5, 0.6) is 0 Å². The van der Waals surface area contributed by atoms with E-state index in [0.717, 1.165) is 16.5 Å². The van der Waals surface area contributed by atoms with Crippen molar-refractivity contribution in [2.45, 2.75) is 13.0 Å². The fourth-order valence-electron chi connectivity index (χ4n) is 1.62. The molecule has 0 radical (unpaired) electrons. The molecule has 0 aliphatic rings. The Morgan fingerprint density at radius 2 is 2.13 bits per heavy atom. The molecule has 0 aliphatic heterocycles. The molecule has 1 aromatic heterocycles. The highest BCUT2D eigenvalue weighted by Gasteiger charge is 2.03. The molecule has 2 rings (SSSR count). The van der Waals surface area contributed by atoms with Crippen LogP contribution in [0.4, 0.5) is 8.78 Å². The third-order valence-corrected chi connectivity index (χ3v) is 2.30. The van der Waals surface area contributed by atoms with Crippen molar-refractivity contribution in [1.29, 1.82) is 0 Å². The highest BCUT2D eigenvalue weighted by atomic mass is 19.3. The Hall–Kier alpha value is -1.42. The summed E-state index contributed by atoms with van der Waals surface area (Å²) in [4.78, 5) is 3.08. The number of hydrogen-bond donors (Lipinski definition) is 2. The summed E-state index contributed by atoms with van der Waals surface area (Å²) in [6.07, 6.45) is -0.447. The lowest BCUT2D eigenvalue weighted by Crippen LogP contribution is -2.20. The van der Waals surface area contributed by atoms with Crippen molar-refractivity contribution in [3.8, 4) is 0 Å². The van der Waals surface area contributed by atoms with Crippen LogP contribution in [0.1, 0.15) is 5.56 Å². The molecule has 0 saturated heterocycles. The number of fused-ring (bicyclic) bond motifs is 1. The highest BCUT2D eigenvalue weighted by molar-refractivity contribution is 5.82. The van der Waals surface area contributed by atoms with Crippen molar-refractivity contribution in [2.24, 2.45) is 0 Å². The Morgan fingerprint density at radius 3 is 2.93 bits per heavy atom. The van der Waals surface area contributed by atoms with E-state index in [4.69, 9.17) is 0 Å². The number of alkyl halides is 2. The van der Waals surface area contributed by atoms with Gasteiger partial charge in [-0.2, -0.15) is 0 Å². The zero-order chi connectivity index (χ0) is 10.7. The number of aromatic nitrogens is 1. The van der Waals surface area contributed by atoms with Gasteiger partial charge in [-0.05, 0) is 17.7 Å². The summed E-state index contributed by atoms with van der Waals surface area (Å²) in [6, 6.07) is 7.77. The van der Waals surface area contributed by atoms with Crippen LogP contribution < -0.4 is 5.32 Å². The van der Waals surface area contributed by atoms with Crippen LogP contribution >= 0.6 is 0 Å². The molecule has 1 aromatic carbocycles. The van der Waals surface area contributed by atoms with Crippen LogP contribution in [0.2, 0.25) is 0 Å². The van der Waals surface area contributed by atoms with E-state index in [9.17, 15) is 8.78 Å². The quantitative estimate of drug-likeness (QED) is 0.797. The maximum absolute atomic E-state index is 11.9. The first kappa shape index (κ1) is 10.1. The minimum absolute atomic E-state index is 0.263. The smallest absolute Gasteiger partial charge is 0.250 e. The first-order valence-electron chi connectivity index (χ1n) is 4.81. The van der Waals surface area contributed by atoms with Gasteiger partial charge in [0.1, 0.15) is 0 Å². The number of hydrogen-bond acceptors (Lipinski definition) is 1. The summed E-state index contributed by atoms with van der Waals surface area (Å²) >= 11 is 0. The Balaban J connectivity index is 2.10. The van der Waals surface area contributed by atoms with Gasteiger partial charge in [0, 0.05) is 23.6 Å². The second-order valence-electron chi connectivity index (χ2n) is 3.38. The number of benzene rings is 1. The van der Waals surface area contributed by atoms with E-state index in [2.05, 4.69) is 10.3 Å². The predicted octanol–water partition coefficient (Wildman–Crippen LogP) is 2.52. The summed E-state index contributed by atoms with van der Waals surface area (Å²) in [6.45, 7) is 0.209. The molecule has 4 heteroatoms.